The van der Waals surface area contributed by atoms with Crippen LogP contribution >= 0.6 is 0 Å². The first-order chi connectivity index (χ1) is 8.61. The average Bonchev–Trinajstić information content (AvgIpc) is 2.80. The second kappa shape index (κ2) is 4.35. The van der Waals surface area contributed by atoms with Crippen molar-refractivity contribution in [3.8, 4) is 0 Å². The fourth-order valence-electron chi connectivity index (χ4n) is 2.75. The largest absolute Gasteiger partial charge is 0.461 e. The summed E-state index contributed by atoms with van der Waals surface area (Å²) in [6.45, 7) is 4.62. The van der Waals surface area contributed by atoms with Crippen LogP contribution in [0.4, 0.5) is 0 Å². The molecule has 3 heterocycles. The number of carbonyl (C=O) groups is 1. The van der Waals surface area contributed by atoms with Crippen LogP contribution < -0.4 is 5.32 Å². The zero-order valence-corrected chi connectivity index (χ0v) is 10.7. The van der Waals surface area contributed by atoms with E-state index in [0.717, 1.165) is 37.5 Å². The van der Waals surface area contributed by atoms with Gasteiger partial charge in [0.25, 0.3) is 0 Å². The molecule has 3 rings (SSSR count). The van der Waals surface area contributed by atoms with Gasteiger partial charge in [-0.2, -0.15) is 5.10 Å². The molecule has 2 aliphatic rings. The monoisotopic (exact) mass is 250 g/mol. The molecule has 0 bridgehead atoms. The van der Waals surface area contributed by atoms with Crippen molar-refractivity contribution in [2.45, 2.75) is 57.8 Å². The summed E-state index contributed by atoms with van der Waals surface area (Å²) in [5.74, 6) is 1.75. The van der Waals surface area contributed by atoms with Crippen LogP contribution in [0.15, 0.2) is 0 Å². The molecule has 0 unspecified atom stereocenters. The van der Waals surface area contributed by atoms with Crippen LogP contribution in [0.2, 0.25) is 0 Å². The van der Waals surface area contributed by atoms with Crippen LogP contribution in [-0.2, 0) is 22.5 Å². The van der Waals surface area contributed by atoms with E-state index < -0.39 is 0 Å². The van der Waals surface area contributed by atoms with Gasteiger partial charge in [-0.05, 0) is 20.3 Å². The second-order valence-electron chi connectivity index (χ2n) is 5.20. The molecule has 98 valence electrons. The van der Waals surface area contributed by atoms with Gasteiger partial charge >= 0.3 is 5.97 Å². The maximum atomic E-state index is 11.6. The lowest BCUT2D eigenvalue weighted by Crippen LogP contribution is -2.45. The van der Waals surface area contributed by atoms with Crippen molar-refractivity contribution in [3.05, 3.63) is 11.6 Å². The highest BCUT2D eigenvalue weighted by atomic mass is 16.6. The smallest absolute Gasteiger partial charge is 0.323 e. The molecule has 1 aromatic rings. The first kappa shape index (κ1) is 11.6. The van der Waals surface area contributed by atoms with Crippen LogP contribution in [-0.4, -0.2) is 38.9 Å². The standard InChI is InChI=1S/C12H18N4O2/c1-7-5-10(12(17)18-7)14-9-3-4-11-13-8(2)15-16(11)6-9/h7,9-10,14H,3-6H2,1-2H3/t7-,9+,10-/m0/s1. The van der Waals surface area contributed by atoms with Crippen molar-refractivity contribution in [1.82, 2.24) is 20.1 Å². The van der Waals surface area contributed by atoms with E-state index in [1.54, 1.807) is 0 Å². The minimum atomic E-state index is -0.156. The maximum Gasteiger partial charge on any atom is 0.323 e. The highest BCUT2D eigenvalue weighted by molar-refractivity contribution is 5.77. The van der Waals surface area contributed by atoms with Crippen LogP contribution in [0.1, 0.15) is 31.4 Å². The highest BCUT2D eigenvalue weighted by Gasteiger charge is 2.34. The quantitative estimate of drug-likeness (QED) is 0.759. The summed E-state index contributed by atoms with van der Waals surface area (Å²) >= 11 is 0. The first-order valence-corrected chi connectivity index (χ1v) is 6.48. The molecule has 6 nitrogen and oxygen atoms in total. The predicted molar refractivity (Wildman–Crippen MR) is 64.0 cm³/mol. The van der Waals surface area contributed by atoms with Gasteiger partial charge in [-0.3, -0.25) is 10.1 Å². The van der Waals surface area contributed by atoms with Crippen molar-refractivity contribution in [2.75, 3.05) is 0 Å². The predicted octanol–water partition coefficient (Wildman–Crippen LogP) is 0.195. The summed E-state index contributed by atoms with van der Waals surface area (Å²) in [6, 6.07) is 0.123. The molecule has 18 heavy (non-hydrogen) atoms. The molecule has 1 fully saturated rings. The number of cyclic esters (lactones) is 1. The zero-order valence-electron chi connectivity index (χ0n) is 10.7. The number of hydrogen-bond acceptors (Lipinski definition) is 5. The Morgan fingerprint density at radius 1 is 1.50 bits per heavy atom. The fraction of sp³-hybridized carbons (Fsp3) is 0.750. The van der Waals surface area contributed by atoms with E-state index in [2.05, 4.69) is 15.4 Å². The molecule has 0 aliphatic carbocycles. The Hall–Kier alpha value is -1.43. The number of esters is 1. The number of rotatable bonds is 2. The van der Waals surface area contributed by atoms with Crippen LogP contribution in [0.25, 0.3) is 0 Å². The number of nitrogens with one attached hydrogen (secondary N) is 1. The van der Waals surface area contributed by atoms with Gasteiger partial charge in [0.2, 0.25) is 0 Å². The van der Waals surface area contributed by atoms with E-state index in [-0.39, 0.29) is 24.2 Å². The lowest BCUT2D eigenvalue weighted by molar-refractivity contribution is -0.142. The lowest BCUT2D eigenvalue weighted by atomic mass is 10.1. The third-order valence-corrected chi connectivity index (χ3v) is 3.57. The van der Waals surface area contributed by atoms with Gasteiger partial charge in [0.05, 0.1) is 6.54 Å². The summed E-state index contributed by atoms with van der Waals surface area (Å²) in [5.41, 5.74) is 0. The minimum Gasteiger partial charge on any atom is -0.461 e. The van der Waals surface area contributed by atoms with Gasteiger partial charge in [0.15, 0.2) is 0 Å². The average molecular weight is 250 g/mol. The molecule has 0 spiro atoms. The fourth-order valence-corrected chi connectivity index (χ4v) is 2.75. The van der Waals surface area contributed by atoms with E-state index in [9.17, 15) is 4.79 Å². The topological polar surface area (TPSA) is 69.0 Å². The summed E-state index contributed by atoms with van der Waals surface area (Å²) in [4.78, 5) is 16.0. The van der Waals surface area contributed by atoms with E-state index in [0.29, 0.717) is 0 Å². The highest BCUT2D eigenvalue weighted by Crippen LogP contribution is 2.18. The molecule has 3 atom stereocenters. The van der Waals surface area contributed by atoms with Crippen molar-refractivity contribution in [3.63, 3.8) is 0 Å². The number of ether oxygens (including phenoxy) is 1. The van der Waals surface area contributed by atoms with Crippen LogP contribution in [0.3, 0.4) is 0 Å². The third kappa shape index (κ3) is 2.12. The Balaban J connectivity index is 1.64. The van der Waals surface area contributed by atoms with Crippen molar-refractivity contribution in [2.24, 2.45) is 0 Å². The summed E-state index contributed by atoms with van der Waals surface area (Å²) in [6.07, 6.45) is 2.70. The number of aromatic nitrogens is 3. The van der Waals surface area contributed by atoms with Crippen LogP contribution in [0, 0.1) is 6.92 Å². The zero-order chi connectivity index (χ0) is 12.7. The number of aryl methyl sites for hydroxylation is 2. The molecule has 2 aliphatic heterocycles. The van der Waals surface area contributed by atoms with E-state index >= 15 is 0 Å². The summed E-state index contributed by atoms with van der Waals surface area (Å²) in [5, 5.41) is 7.74. The summed E-state index contributed by atoms with van der Waals surface area (Å²) < 4.78 is 7.10. The van der Waals surface area contributed by atoms with Crippen molar-refractivity contribution >= 4 is 5.97 Å². The minimum absolute atomic E-state index is 0.0303. The SMILES string of the molecule is Cc1nc2n(n1)C[C@H](N[C@H]1C[C@H](C)OC1=O)CC2. The summed E-state index contributed by atoms with van der Waals surface area (Å²) in [7, 11) is 0. The van der Waals surface area contributed by atoms with Gasteiger partial charge in [-0.1, -0.05) is 0 Å². The molecule has 1 saturated heterocycles. The molecule has 0 saturated carbocycles. The van der Waals surface area contributed by atoms with Gasteiger partial charge in [0, 0.05) is 18.9 Å². The number of carbonyl (C=O) groups excluding carboxylic acids is 1. The Kier molecular flexibility index (Phi) is 2.81. The van der Waals surface area contributed by atoms with Gasteiger partial charge < -0.3 is 4.74 Å². The number of nitrogens with zero attached hydrogens (tertiary/aromatic N) is 3. The van der Waals surface area contributed by atoms with E-state index in [1.807, 2.05) is 18.5 Å². The van der Waals surface area contributed by atoms with Gasteiger partial charge in [0.1, 0.15) is 23.8 Å². The second-order valence-corrected chi connectivity index (χ2v) is 5.20. The molecule has 0 amide bonds. The first-order valence-electron chi connectivity index (χ1n) is 6.48. The van der Waals surface area contributed by atoms with Crippen LogP contribution in [0.5, 0.6) is 0 Å². The molecule has 1 aromatic heterocycles. The van der Waals surface area contributed by atoms with E-state index in [1.165, 1.54) is 0 Å². The molecule has 0 aromatic carbocycles. The third-order valence-electron chi connectivity index (χ3n) is 3.57. The van der Waals surface area contributed by atoms with Gasteiger partial charge in [-0.25, -0.2) is 9.67 Å². The Morgan fingerprint density at radius 2 is 2.33 bits per heavy atom. The number of hydrogen-bond donors (Lipinski definition) is 1. The van der Waals surface area contributed by atoms with Crippen molar-refractivity contribution < 1.29 is 9.53 Å². The molecular weight excluding hydrogens is 232 g/mol. The van der Waals surface area contributed by atoms with Crippen molar-refractivity contribution in [1.29, 1.82) is 0 Å². The Morgan fingerprint density at radius 3 is 3.06 bits per heavy atom. The number of fused-ring (bicyclic) bond motifs is 1. The molecular formula is C12H18N4O2. The van der Waals surface area contributed by atoms with E-state index in [4.69, 9.17) is 4.74 Å². The lowest BCUT2D eigenvalue weighted by Gasteiger charge is -2.25. The molecule has 0 radical (unpaired) electrons. The molecule has 1 N–H and O–H groups in total. The normalized spacial score (nSPS) is 31.2. The Labute approximate surface area is 106 Å². The molecule has 6 heteroatoms. The Bertz CT molecular complexity index is 471. The van der Waals surface area contributed by atoms with Gasteiger partial charge in [-0.15, -0.1) is 0 Å². The maximum absolute atomic E-state index is 11.6.